The molecular weight excluding hydrogens is 398 g/mol. The van der Waals surface area contributed by atoms with Gasteiger partial charge in [-0.05, 0) is 29.3 Å². The summed E-state index contributed by atoms with van der Waals surface area (Å²) in [6.45, 7) is 5.35. The third kappa shape index (κ3) is 3.40. The second kappa shape index (κ2) is 7.66. The minimum atomic E-state index is -0.643. The van der Waals surface area contributed by atoms with E-state index in [0.717, 1.165) is 54.3 Å². The number of hydrogen-bond acceptors (Lipinski definition) is 5. The first-order valence-electron chi connectivity index (χ1n) is 10.2. The number of aromatic nitrogens is 1. The molecule has 0 bridgehead atoms. The number of amides is 1. The summed E-state index contributed by atoms with van der Waals surface area (Å²) in [7, 11) is 0. The van der Waals surface area contributed by atoms with Crippen molar-refractivity contribution in [1.29, 1.82) is 0 Å². The second-order valence-electron chi connectivity index (χ2n) is 7.67. The summed E-state index contributed by atoms with van der Waals surface area (Å²) in [5.41, 5.74) is 0.881. The lowest BCUT2D eigenvalue weighted by atomic mass is 10.0. The zero-order valence-corrected chi connectivity index (χ0v) is 17.5. The first-order valence-corrected chi connectivity index (χ1v) is 11.0. The Balaban J connectivity index is 1.46. The number of nitrogens with zero attached hydrogens (tertiary/aromatic N) is 1. The molecule has 4 aromatic rings. The van der Waals surface area contributed by atoms with E-state index in [4.69, 9.17) is 4.42 Å². The van der Waals surface area contributed by atoms with E-state index in [-0.39, 0.29) is 5.56 Å². The Hall–Kier alpha value is -3.03. The Labute approximate surface area is 177 Å². The van der Waals surface area contributed by atoms with E-state index >= 15 is 0 Å². The van der Waals surface area contributed by atoms with Gasteiger partial charge in [-0.3, -0.25) is 10.1 Å². The summed E-state index contributed by atoms with van der Waals surface area (Å²) in [6.07, 6.45) is 2.07. The molecule has 3 heterocycles. The number of carbonyl (C=O) groups is 1. The van der Waals surface area contributed by atoms with Crippen LogP contribution in [-0.2, 0) is 13.0 Å². The maximum Gasteiger partial charge on any atom is 0.349 e. The fourth-order valence-electron chi connectivity index (χ4n) is 4.14. The van der Waals surface area contributed by atoms with Gasteiger partial charge in [0.1, 0.15) is 17.7 Å². The maximum atomic E-state index is 12.9. The molecule has 2 N–H and O–H groups in total. The Bertz CT molecular complexity index is 1320. The summed E-state index contributed by atoms with van der Waals surface area (Å²) in [4.78, 5) is 32.7. The lowest BCUT2D eigenvalue weighted by Crippen LogP contribution is -3.11. The highest BCUT2D eigenvalue weighted by atomic mass is 32.1. The molecule has 1 amide bonds. The molecule has 0 aliphatic carbocycles. The van der Waals surface area contributed by atoms with Crippen LogP contribution in [0.5, 0.6) is 0 Å². The molecule has 1 aliphatic heterocycles. The average molecular weight is 421 g/mol. The molecule has 1 atom stereocenters. The highest BCUT2D eigenvalue weighted by Gasteiger charge is 2.24. The molecule has 30 heavy (non-hydrogen) atoms. The Kier molecular flexibility index (Phi) is 4.84. The molecule has 5 rings (SSSR count). The van der Waals surface area contributed by atoms with Gasteiger partial charge in [0.25, 0.3) is 5.91 Å². The number of hydrogen-bond donors (Lipinski definition) is 2. The molecule has 0 saturated carbocycles. The smallest absolute Gasteiger partial charge is 0.349 e. The van der Waals surface area contributed by atoms with Gasteiger partial charge in [0.15, 0.2) is 5.13 Å². The summed E-state index contributed by atoms with van der Waals surface area (Å²) < 4.78 is 5.45. The van der Waals surface area contributed by atoms with Crippen LogP contribution in [0.4, 0.5) is 5.13 Å². The molecular formula is C23H22N3O3S+. The molecule has 1 unspecified atom stereocenters. The monoisotopic (exact) mass is 420 g/mol. The highest BCUT2D eigenvalue weighted by molar-refractivity contribution is 7.15. The Morgan fingerprint density at radius 2 is 2.10 bits per heavy atom. The number of fused-ring (bicyclic) bond motifs is 4. The first-order chi connectivity index (χ1) is 14.6. The van der Waals surface area contributed by atoms with E-state index in [1.54, 1.807) is 17.0 Å². The predicted molar refractivity (Wildman–Crippen MR) is 118 cm³/mol. The average Bonchev–Trinajstić information content (AvgIpc) is 3.14. The first kappa shape index (κ1) is 19.0. The number of carbonyl (C=O) groups excluding carboxylic acids is 1. The highest BCUT2D eigenvalue weighted by Crippen LogP contribution is 2.27. The van der Waals surface area contributed by atoms with Crippen LogP contribution in [0.2, 0.25) is 0 Å². The zero-order valence-electron chi connectivity index (χ0n) is 16.7. The van der Waals surface area contributed by atoms with Crippen molar-refractivity contribution in [2.24, 2.45) is 0 Å². The third-order valence-corrected chi connectivity index (χ3v) is 6.63. The molecule has 6 nitrogen and oxygen atoms in total. The van der Waals surface area contributed by atoms with Crippen molar-refractivity contribution in [2.45, 2.75) is 26.3 Å². The predicted octanol–water partition coefficient (Wildman–Crippen LogP) is 3.01. The van der Waals surface area contributed by atoms with Crippen LogP contribution in [0, 0.1) is 0 Å². The van der Waals surface area contributed by atoms with E-state index < -0.39 is 11.5 Å². The normalized spacial score (nSPS) is 16.0. The number of thiazole rings is 1. The van der Waals surface area contributed by atoms with Gasteiger partial charge < -0.3 is 9.32 Å². The van der Waals surface area contributed by atoms with E-state index in [9.17, 15) is 9.59 Å². The lowest BCUT2D eigenvalue weighted by Gasteiger charge is -2.22. The van der Waals surface area contributed by atoms with Crippen molar-refractivity contribution in [1.82, 2.24) is 4.98 Å². The van der Waals surface area contributed by atoms with E-state index in [1.807, 2.05) is 30.3 Å². The minimum Gasteiger partial charge on any atom is -0.422 e. The van der Waals surface area contributed by atoms with Gasteiger partial charge in [0, 0.05) is 11.8 Å². The Morgan fingerprint density at radius 3 is 2.97 bits per heavy atom. The van der Waals surface area contributed by atoms with Crippen LogP contribution in [-0.4, -0.2) is 24.0 Å². The van der Waals surface area contributed by atoms with Gasteiger partial charge in [-0.2, -0.15) is 0 Å². The van der Waals surface area contributed by atoms with Crippen LogP contribution >= 0.6 is 11.3 Å². The van der Waals surface area contributed by atoms with Crippen molar-refractivity contribution >= 4 is 44.1 Å². The summed E-state index contributed by atoms with van der Waals surface area (Å²) >= 11 is 1.50. The van der Waals surface area contributed by atoms with Gasteiger partial charge >= 0.3 is 5.63 Å². The SMILES string of the molecule is CCC[NH+]1CCc2nc(NC(=O)c3cc4c(ccc5ccccc54)oc3=O)sc2C1. The summed E-state index contributed by atoms with van der Waals surface area (Å²) in [5.74, 6) is -0.484. The van der Waals surface area contributed by atoms with Crippen LogP contribution in [0.3, 0.4) is 0 Å². The van der Waals surface area contributed by atoms with Crippen molar-refractivity contribution < 1.29 is 14.1 Å². The number of rotatable bonds is 4. The van der Waals surface area contributed by atoms with Crippen LogP contribution in [0.15, 0.2) is 51.7 Å². The van der Waals surface area contributed by atoms with Gasteiger partial charge in [-0.25, -0.2) is 9.78 Å². The maximum absolute atomic E-state index is 12.9. The number of quaternary nitrogens is 1. The van der Waals surface area contributed by atoms with Gasteiger partial charge in [-0.15, -0.1) is 0 Å². The fourth-order valence-corrected chi connectivity index (χ4v) is 5.22. The molecule has 0 saturated heterocycles. The van der Waals surface area contributed by atoms with E-state index in [1.165, 1.54) is 16.2 Å². The molecule has 2 aromatic heterocycles. The van der Waals surface area contributed by atoms with Crippen LogP contribution < -0.4 is 15.8 Å². The molecule has 1 aliphatic rings. The molecule has 2 aromatic carbocycles. The topological polar surface area (TPSA) is 76.6 Å². The quantitative estimate of drug-likeness (QED) is 0.393. The van der Waals surface area contributed by atoms with Crippen molar-refractivity contribution in [3.63, 3.8) is 0 Å². The van der Waals surface area contributed by atoms with E-state index in [0.29, 0.717) is 10.7 Å². The Morgan fingerprint density at radius 1 is 1.23 bits per heavy atom. The number of nitrogens with one attached hydrogen (secondary N) is 2. The number of anilines is 1. The summed E-state index contributed by atoms with van der Waals surface area (Å²) in [6, 6.07) is 13.1. The van der Waals surface area contributed by atoms with Gasteiger partial charge in [0.2, 0.25) is 0 Å². The molecule has 0 radical (unpaired) electrons. The number of benzene rings is 2. The molecule has 7 heteroatoms. The van der Waals surface area contributed by atoms with Crippen molar-refractivity contribution in [2.75, 3.05) is 18.4 Å². The lowest BCUT2D eigenvalue weighted by molar-refractivity contribution is -0.915. The zero-order chi connectivity index (χ0) is 20.7. The molecule has 152 valence electrons. The molecule has 0 spiro atoms. The minimum absolute atomic E-state index is 0.00902. The third-order valence-electron chi connectivity index (χ3n) is 5.61. The molecule has 0 fully saturated rings. The van der Waals surface area contributed by atoms with Crippen LogP contribution in [0.25, 0.3) is 21.7 Å². The summed E-state index contributed by atoms with van der Waals surface area (Å²) in [5, 5.41) is 6.07. The second-order valence-corrected chi connectivity index (χ2v) is 8.75. The van der Waals surface area contributed by atoms with E-state index in [2.05, 4.69) is 17.2 Å². The van der Waals surface area contributed by atoms with Crippen molar-refractivity contribution in [3.8, 4) is 0 Å². The van der Waals surface area contributed by atoms with Gasteiger partial charge in [-0.1, -0.05) is 48.6 Å². The van der Waals surface area contributed by atoms with Gasteiger partial charge in [0.05, 0.1) is 23.7 Å². The van der Waals surface area contributed by atoms with Crippen molar-refractivity contribution in [3.05, 3.63) is 69.0 Å². The largest absolute Gasteiger partial charge is 0.422 e. The van der Waals surface area contributed by atoms with Crippen LogP contribution in [0.1, 0.15) is 34.3 Å². The fraction of sp³-hybridized carbons (Fsp3) is 0.261. The standard InChI is InChI=1S/C23H21N3O3S/c1-2-10-26-11-9-18-20(13-26)30-23(24-18)25-21(27)17-12-16-15-6-4-3-5-14(15)7-8-19(16)29-22(17)28/h3-8,12H,2,9-11,13H2,1H3,(H,24,25,27)/p+1.